The zero-order valence-corrected chi connectivity index (χ0v) is 16.1. The maximum atomic E-state index is 10.5. The van der Waals surface area contributed by atoms with Crippen LogP contribution in [0.1, 0.15) is 31.8 Å². The lowest BCUT2D eigenvalue weighted by Crippen LogP contribution is -1.96. The zero-order valence-electron chi connectivity index (χ0n) is 12.9. The Morgan fingerprint density at radius 2 is 0.958 bits per heavy atom. The number of halogens is 2. The number of benzene rings is 2. The van der Waals surface area contributed by atoms with Gasteiger partial charge in [0.2, 0.25) is 0 Å². The Balaban J connectivity index is 0.000000240. The van der Waals surface area contributed by atoms with Crippen molar-refractivity contribution in [1.29, 1.82) is 0 Å². The molecule has 2 aromatic rings. The van der Waals surface area contributed by atoms with Crippen LogP contribution in [-0.4, -0.2) is 32.8 Å². The molecule has 0 aliphatic rings. The topological polar surface area (TPSA) is 74.6 Å². The summed E-state index contributed by atoms with van der Waals surface area (Å²) in [5.41, 5.74) is 2.98. The highest BCUT2D eigenvalue weighted by Gasteiger charge is 2.01. The third-order valence-corrected chi connectivity index (χ3v) is 3.96. The first-order valence-electron chi connectivity index (χ1n) is 7.24. The highest BCUT2D eigenvalue weighted by Crippen LogP contribution is 2.06. The number of rotatable bonds is 6. The summed E-state index contributed by atoms with van der Waals surface area (Å²) in [4.78, 5) is 20.9. The van der Waals surface area contributed by atoms with Gasteiger partial charge in [0.05, 0.1) is 11.1 Å². The third kappa shape index (κ3) is 7.27. The van der Waals surface area contributed by atoms with Crippen LogP contribution in [0.3, 0.4) is 0 Å². The maximum Gasteiger partial charge on any atom is 0.335 e. The number of alkyl halides is 2. The average molecular weight is 458 g/mol. The van der Waals surface area contributed by atoms with Gasteiger partial charge >= 0.3 is 11.9 Å². The van der Waals surface area contributed by atoms with Crippen LogP contribution in [0.25, 0.3) is 0 Å². The van der Waals surface area contributed by atoms with Crippen LogP contribution in [-0.2, 0) is 12.8 Å². The van der Waals surface area contributed by atoms with E-state index in [1.165, 1.54) is 0 Å². The lowest BCUT2D eigenvalue weighted by Gasteiger charge is -1.97. The van der Waals surface area contributed by atoms with E-state index in [1.54, 1.807) is 24.3 Å². The van der Waals surface area contributed by atoms with Gasteiger partial charge in [0, 0.05) is 10.7 Å². The first-order chi connectivity index (χ1) is 11.5. The Hall–Kier alpha value is -1.66. The second-order valence-electron chi connectivity index (χ2n) is 4.88. The molecule has 24 heavy (non-hydrogen) atoms. The second kappa shape index (κ2) is 11.0. The highest BCUT2D eigenvalue weighted by atomic mass is 79.9. The quantitative estimate of drug-likeness (QED) is 0.619. The van der Waals surface area contributed by atoms with Gasteiger partial charge in [0.15, 0.2) is 0 Å². The number of hydrogen-bond donors (Lipinski definition) is 2. The van der Waals surface area contributed by atoms with E-state index in [9.17, 15) is 9.59 Å². The molecule has 0 heterocycles. The summed E-state index contributed by atoms with van der Waals surface area (Å²) in [6.45, 7) is 0. The van der Waals surface area contributed by atoms with Gasteiger partial charge in [-0.25, -0.2) is 9.59 Å². The smallest absolute Gasteiger partial charge is 0.335 e. The Labute approximate surface area is 157 Å². The predicted octanol–water partition coefficient (Wildman–Crippen LogP) is 4.64. The molecule has 2 N–H and O–H groups in total. The molecule has 0 atom stereocenters. The molecule has 0 saturated carbocycles. The predicted molar refractivity (Wildman–Crippen MR) is 102 cm³/mol. The lowest BCUT2D eigenvalue weighted by atomic mass is 10.1. The molecule has 2 aromatic carbocycles. The second-order valence-corrected chi connectivity index (χ2v) is 6.47. The molecule has 0 aliphatic heterocycles. The number of carboxylic acid groups (broad SMARTS) is 2. The van der Waals surface area contributed by atoms with Crippen molar-refractivity contribution in [3.05, 3.63) is 70.8 Å². The van der Waals surface area contributed by atoms with Crippen molar-refractivity contribution in [3.63, 3.8) is 0 Å². The molecule has 0 radical (unpaired) electrons. The fourth-order valence-electron chi connectivity index (χ4n) is 1.85. The Morgan fingerprint density at radius 1 is 0.667 bits per heavy atom. The van der Waals surface area contributed by atoms with Crippen LogP contribution < -0.4 is 0 Å². The summed E-state index contributed by atoms with van der Waals surface area (Å²) in [5.74, 6) is -1.75. The van der Waals surface area contributed by atoms with E-state index in [0.717, 1.165) is 34.6 Å². The van der Waals surface area contributed by atoms with Crippen molar-refractivity contribution in [2.75, 3.05) is 10.7 Å². The number of carbonyl (C=O) groups is 2. The molecule has 0 aromatic heterocycles. The summed E-state index contributed by atoms with van der Waals surface area (Å²) in [7, 11) is 0. The zero-order chi connectivity index (χ0) is 17.9. The van der Waals surface area contributed by atoms with Crippen molar-refractivity contribution in [2.24, 2.45) is 0 Å². The van der Waals surface area contributed by atoms with E-state index in [0.29, 0.717) is 11.1 Å². The minimum absolute atomic E-state index is 0.341. The van der Waals surface area contributed by atoms with Gasteiger partial charge in [0.1, 0.15) is 0 Å². The van der Waals surface area contributed by atoms with Crippen LogP contribution in [0.2, 0.25) is 0 Å². The molecular weight excluding hydrogens is 440 g/mol. The van der Waals surface area contributed by atoms with E-state index < -0.39 is 11.9 Å². The third-order valence-electron chi connectivity index (χ3n) is 3.17. The number of carboxylic acids is 2. The molecule has 0 bridgehead atoms. The molecule has 0 amide bonds. The average Bonchev–Trinajstić information content (AvgIpc) is 2.57. The standard InChI is InChI=1S/2C9H9BrO2/c2*10-6-5-7-1-3-8(4-2-7)9(11)12/h2*1-4H,5-6H2,(H,11,12). The van der Waals surface area contributed by atoms with Crippen LogP contribution in [0.5, 0.6) is 0 Å². The molecule has 0 fully saturated rings. The van der Waals surface area contributed by atoms with Crippen molar-refractivity contribution in [1.82, 2.24) is 0 Å². The summed E-state index contributed by atoms with van der Waals surface area (Å²) >= 11 is 6.63. The van der Waals surface area contributed by atoms with Gasteiger partial charge in [-0.3, -0.25) is 0 Å². The van der Waals surface area contributed by atoms with Gasteiger partial charge < -0.3 is 10.2 Å². The van der Waals surface area contributed by atoms with E-state index in [-0.39, 0.29) is 0 Å². The number of hydrogen-bond acceptors (Lipinski definition) is 2. The normalized spacial score (nSPS) is 9.75. The van der Waals surface area contributed by atoms with E-state index >= 15 is 0 Å². The van der Waals surface area contributed by atoms with E-state index in [4.69, 9.17) is 10.2 Å². The Kier molecular flexibility index (Phi) is 9.34. The van der Waals surface area contributed by atoms with E-state index in [2.05, 4.69) is 31.9 Å². The van der Waals surface area contributed by atoms with Crippen LogP contribution in [0.15, 0.2) is 48.5 Å². The van der Waals surface area contributed by atoms with Crippen molar-refractivity contribution < 1.29 is 19.8 Å². The van der Waals surface area contributed by atoms with Crippen molar-refractivity contribution >= 4 is 43.8 Å². The summed E-state index contributed by atoms with van der Waals surface area (Å²) in [6, 6.07) is 13.9. The van der Waals surface area contributed by atoms with Crippen molar-refractivity contribution in [2.45, 2.75) is 12.8 Å². The maximum absolute atomic E-state index is 10.5. The van der Waals surface area contributed by atoms with Crippen LogP contribution in [0, 0.1) is 0 Å². The van der Waals surface area contributed by atoms with Gasteiger partial charge in [-0.05, 0) is 48.2 Å². The highest BCUT2D eigenvalue weighted by molar-refractivity contribution is 9.09. The monoisotopic (exact) mass is 456 g/mol. The van der Waals surface area contributed by atoms with Gasteiger partial charge in [-0.2, -0.15) is 0 Å². The Morgan fingerprint density at radius 3 is 1.17 bits per heavy atom. The van der Waals surface area contributed by atoms with Gasteiger partial charge in [-0.15, -0.1) is 0 Å². The molecular formula is C18H18Br2O4. The molecule has 0 spiro atoms. The molecule has 6 heteroatoms. The fraction of sp³-hybridized carbons (Fsp3) is 0.222. The van der Waals surface area contributed by atoms with Gasteiger partial charge in [0.25, 0.3) is 0 Å². The number of aryl methyl sites for hydroxylation is 2. The van der Waals surface area contributed by atoms with E-state index in [1.807, 2.05) is 24.3 Å². The number of aromatic carboxylic acids is 2. The SMILES string of the molecule is O=C(O)c1ccc(CCBr)cc1.O=C(O)c1ccc(CCBr)cc1. The first-order valence-corrected chi connectivity index (χ1v) is 9.48. The largest absolute Gasteiger partial charge is 0.478 e. The summed E-state index contributed by atoms with van der Waals surface area (Å²) in [5, 5.41) is 19.0. The Bertz CT molecular complexity index is 592. The lowest BCUT2D eigenvalue weighted by molar-refractivity contribution is 0.0686. The molecule has 0 saturated heterocycles. The molecule has 2 rings (SSSR count). The fourth-order valence-corrected chi connectivity index (χ4v) is 2.76. The summed E-state index contributed by atoms with van der Waals surface area (Å²) < 4.78 is 0. The minimum Gasteiger partial charge on any atom is -0.478 e. The minimum atomic E-state index is -0.875. The van der Waals surface area contributed by atoms with Crippen molar-refractivity contribution in [3.8, 4) is 0 Å². The van der Waals surface area contributed by atoms with Crippen LogP contribution >= 0.6 is 31.9 Å². The first kappa shape index (κ1) is 20.4. The molecule has 0 aliphatic carbocycles. The van der Waals surface area contributed by atoms with Gasteiger partial charge in [-0.1, -0.05) is 56.1 Å². The molecule has 4 nitrogen and oxygen atoms in total. The molecule has 0 unspecified atom stereocenters. The summed E-state index contributed by atoms with van der Waals surface area (Å²) in [6.07, 6.45) is 1.86. The van der Waals surface area contributed by atoms with Crippen LogP contribution in [0.4, 0.5) is 0 Å². The molecule has 128 valence electrons.